The molecule has 0 fully saturated rings. The molecule has 0 radical (unpaired) electrons. The summed E-state index contributed by atoms with van der Waals surface area (Å²) in [4.78, 5) is 54.1. The van der Waals surface area contributed by atoms with E-state index in [-0.39, 0.29) is 31.3 Å². The zero-order valence-electron chi connectivity index (χ0n) is 21.5. The molecule has 0 saturated heterocycles. The number of rotatable bonds is 19. The van der Waals surface area contributed by atoms with Gasteiger partial charge in [0.1, 0.15) is 18.1 Å². The lowest BCUT2D eigenvalue weighted by atomic mass is 10.0. The average molecular weight is 533 g/mol. The maximum atomic E-state index is 13.1. The number of thioether (sulfide) groups is 1. The molecule has 4 atom stereocenters. The van der Waals surface area contributed by atoms with E-state index < -0.39 is 47.9 Å². The molecule has 13 nitrogen and oxygen atoms in total. The van der Waals surface area contributed by atoms with Gasteiger partial charge in [0.2, 0.25) is 17.7 Å². The highest BCUT2D eigenvalue weighted by atomic mass is 32.2. The summed E-state index contributed by atoms with van der Waals surface area (Å²) in [6.45, 7) is 4.23. The third-order valence-electron chi connectivity index (χ3n) is 5.40. The summed E-state index contributed by atoms with van der Waals surface area (Å²) < 4.78 is 0. The number of nitrogens with two attached hydrogens (primary N) is 4. The van der Waals surface area contributed by atoms with Crippen molar-refractivity contribution in [2.24, 2.45) is 33.8 Å². The SMILES string of the molecule is CSCCC(NC(=O)C(CCCN=C(N)N)NC(=O)C(CCCCN)NC(=O)C(N)C(C)C)C(=O)O. The van der Waals surface area contributed by atoms with Crippen molar-refractivity contribution in [1.29, 1.82) is 0 Å². The molecule has 36 heavy (non-hydrogen) atoms. The number of guanidine groups is 1. The summed E-state index contributed by atoms with van der Waals surface area (Å²) >= 11 is 1.45. The van der Waals surface area contributed by atoms with Crippen molar-refractivity contribution in [3.8, 4) is 0 Å². The maximum absolute atomic E-state index is 13.1. The lowest BCUT2D eigenvalue weighted by Crippen LogP contribution is -2.57. The summed E-state index contributed by atoms with van der Waals surface area (Å²) in [5.74, 6) is -2.58. The number of hydrogen-bond donors (Lipinski definition) is 8. The van der Waals surface area contributed by atoms with Crippen LogP contribution in [0.15, 0.2) is 4.99 Å². The fourth-order valence-corrected chi connectivity index (χ4v) is 3.61. The van der Waals surface area contributed by atoms with Crippen LogP contribution in [0.3, 0.4) is 0 Å². The molecule has 0 spiro atoms. The minimum Gasteiger partial charge on any atom is -0.480 e. The molecular weight excluding hydrogens is 488 g/mol. The van der Waals surface area contributed by atoms with Gasteiger partial charge in [-0.3, -0.25) is 19.4 Å². The van der Waals surface area contributed by atoms with Crippen LogP contribution in [0, 0.1) is 5.92 Å². The predicted octanol–water partition coefficient (Wildman–Crippen LogP) is -1.56. The van der Waals surface area contributed by atoms with E-state index in [1.807, 2.05) is 6.26 Å². The predicted molar refractivity (Wildman–Crippen MR) is 142 cm³/mol. The molecule has 0 aliphatic heterocycles. The topological polar surface area (TPSA) is 241 Å². The van der Waals surface area contributed by atoms with Crippen LogP contribution in [0.4, 0.5) is 0 Å². The van der Waals surface area contributed by atoms with Gasteiger partial charge in [0.05, 0.1) is 6.04 Å². The van der Waals surface area contributed by atoms with Crippen molar-refractivity contribution in [3.05, 3.63) is 0 Å². The summed E-state index contributed by atoms with van der Waals surface area (Å²) in [6, 6.07) is -3.91. The maximum Gasteiger partial charge on any atom is 0.326 e. The van der Waals surface area contributed by atoms with Gasteiger partial charge in [-0.2, -0.15) is 11.8 Å². The Morgan fingerprint density at radius 2 is 1.39 bits per heavy atom. The Bertz CT molecular complexity index is 733. The number of carbonyl (C=O) groups is 4. The molecule has 0 aromatic heterocycles. The van der Waals surface area contributed by atoms with Crippen molar-refractivity contribution in [2.45, 2.75) is 76.5 Å². The van der Waals surface area contributed by atoms with Gasteiger partial charge in [-0.15, -0.1) is 0 Å². The first-order chi connectivity index (χ1) is 16.9. The molecule has 0 heterocycles. The summed E-state index contributed by atoms with van der Waals surface area (Å²) in [5.41, 5.74) is 22.2. The second-order valence-electron chi connectivity index (χ2n) is 8.81. The number of carbonyl (C=O) groups excluding carboxylic acids is 3. The number of hydrogen-bond acceptors (Lipinski definition) is 8. The Balaban J connectivity index is 5.61. The van der Waals surface area contributed by atoms with Gasteiger partial charge < -0.3 is 44.0 Å². The standard InChI is InChI=1S/C22H44N8O5S/c1-13(2)17(24)20(33)29-14(7-4-5-10-23)18(31)28-15(8-6-11-27-22(25)26)19(32)30-16(21(34)35)9-12-36-3/h13-17H,4-12,23-24H2,1-3H3,(H,28,31)(H,29,33)(H,30,32)(H,34,35)(H4,25,26,27). The van der Waals surface area contributed by atoms with Crippen molar-refractivity contribution in [1.82, 2.24) is 16.0 Å². The number of carboxylic acids is 1. The third kappa shape index (κ3) is 14.1. The Morgan fingerprint density at radius 3 is 1.86 bits per heavy atom. The van der Waals surface area contributed by atoms with Crippen molar-refractivity contribution in [2.75, 3.05) is 25.1 Å². The highest BCUT2D eigenvalue weighted by Crippen LogP contribution is 2.08. The number of amides is 3. The Labute approximate surface area is 217 Å². The minimum atomic E-state index is -1.17. The van der Waals surface area contributed by atoms with Gasteiger partial charge in [-0.05, 0) is 63.0 Å². The molecule has 0 aliphatic carbocycles. The number of carboxylic acid groups (broad SMARTS) is 1. The molecule has 0 aliphatic rings. The third-order valence-corrected chi connectivity index (χ3v) is 6.05. The lowest BCUT2D eigenvalue weighted by Gasteiger charge is -2.26. The van der Waals surface area contributed by atoms with Gasteiger partial charge >= 0.3 is 5.97 Å². The van der Waals surface area contributed by atoms with Crippen molar-refractivity contribution < 1.29 is 24.3 Å². The quantitative estimate of drug-likeness (QED) is 0.0540. The van der Waals surface area contributed by atoms with Crippen molar-refractivity contribution >= 4 is 41.4 Å². The summed E-state index contributed by atoms with van der Waals surface area (Å²) in [5, 5.41) is 17.3. The molecule has 208 valence electrons. The molecule has 4 unspecified atom stereocenters. The number of aliphatic imine (C=N–C) groups is 1. The Kier molecular flexibility index (Phi) is 17.3. The smallest absolute Gasteiger partial charge is 0.326 e. The molecule has 0 bridgehead atoms. The van der Waals surface area contributed by atoms with Gasteiger partial charge in [-0.25, -0.2) is 4.79 Å². The number of nitrogens with zero attached hydrogens (tertiary/aromatic N) is 1. The van der Waals surface area contributed by atoms with Crippen LogP contribution < -0.4 is 38.9 Å². The molecule has 12 N–H and O–H groups in total. The van der Waals surface area contributed by atoms with E-state index >= 15 is 0 Å². The normalized spacial score (nSPS) is 14.3. The monoisotopic (exact) mass is 532 g/mol. The second kappa shape index (κ2) is 18.7. The van der Waals surface area contributed by atoms with Crippen molar-refractivity contribution in [3.63, 3.8) is 0 Å². The van der Waals surface area contributed by atoms with Crippen LogP contribution >= 0.6 is 11.8 Å². The number of nitrogens with one attached hydrogen (secondary N) is 3. The van der Waals surface area contributed by atoms with Crippen LogP contribution in [0.5, 0.6) is 0 Å². The molecule has 14 heteroatoms. The van der Waals surface area contributed by atoms with E-state index in [1.54, 1.807) is 13.8 Å². The van der Waals surface area contributed by atoms with E-state index in [1.165, 1.54) is 11.8 Å². The first kappa shape index (κ1) is 33.4. The van der Waals surface area contributed by atoms with Gasteiger partial charge in [0.25, 0.3) is 0 Å². The largest absolute Gasteiger partial charge is 0.480 e. The number of aliphatic carboxylic acids is 1. The Hall–Kier alpha value is -2.58. The van der Waals surface area contributed by atoms with E-state index in [0.29, 0.717) is 38.0 Å². The van der Waals surface area contributed by atoms with Crippen LogP contribution in [-0.4, -0.2) is 84.0 Å². The molecule has 0 aromatic rings. The molecule has 0 aromatic carbocycles. The van der Waals surface area contributed by atoms with Crippen LogP contribution in [-0.2, 0) is 19.2 Å². The first-order valence-corrected chi connectivity index (χ1v) is 13.5. The van der Waals surface area contributed by atoms with Gasteiger partial charge in [0, 0.05) is 6.54 Å². The first-order valence-electron chi connectivity index (χ1n) is 12.1. The lowest BCUT2D eigenvalue weighted by molar-refractivity contribution is -0.142. The zero-order valence-corrected chi connectivity index (χ0v) is 22.3. The Morgan fingerprint density at radius 1 is 0.861 bits per heavy atom. The summed E-state index contributed by atoms with van der Waals surface area (Å²) in [7, 11) is 0. The van der Waals surface area contributed by atoms with E-state index in [2.05, 4.69) is 20.9 Å². The molecule has 3 amide bonds. The average Bonchev–Trinajstić information content (AvgIpc) is 2.81. The fourth-order valence-electron chi connectivity index (χ4n) is 3.14. The van der Waals surface area contributed by atoms with E-state index in [0.717, 1.165) is 0 Å². The fraction of sp³-hybridized carbons (Fsp3) is 0.773. The van der Waals surface area contributed by atoms with Gasteiger partial charge in [-0.1, -0.05) is 13.8 Å². The van der Waals surface area contributed by atoms with E-state index in [4.69, 9.17) is 22.9 Å². The summed E-state index contributed by atoms with van der Waals surface area (Å²) in [6.07, 6.45) is 4.07. The second-order valence-corrected chi connectivity index (χ2v) is 9.79. The van der Waals surface area contributed by atoms with E-state index in [9.17, 15) is 24.3 Å². The molecule has 0 saturated carbocycles. The molecular formula is C22H44N8O5S. The minimum absolute atomic E-state index is 0.104. The van der Waals surface area contributed by atoms with Crippen LogP contribution in [0.25, 0.3) is 0 Å². The van der Waals surface area contributed by atoms with Gasteiger partial charge in [0.15, 0.2) is 5.96 Å². The molecule has 0 rings (SSSR count). The van der Waals surface area contributed by atoms with Crippen LogP contribution in [0.2, 0.25) is 0 Å². The van der Waals surface area contributed by atoms with Crippen LogP contribution in [0.1, 0.15) is 52.4 Å². The highest BCUT2D eigenvalue weighted by Gasteiger charge is 2.30. The highest BCUT2D eigenvalue weighted by molar-refractivity contribution is 7.98. The zero-order chi connectivity index (χ0) is 27.7. The number of unbranched alkanes of at least 4 members (excludes halogenated alkanes) is 1.